The lowest BCUT2D eigenvalue weighted by atomic mass is 10.1. The number of benzene rings is 2. The first kappa shape index (κ1) is 23.7. The Bertz CT molecular complexity index is 1210. The average Bonchev–Trinajstić information content (AvgIpc) is 3.51. The fourth-order valence-electron chi connectivity index (χ4n) is 3.51. The molecule has 0 atom stereocenters. The maximum atomic E-state index is 13.4. The third-order valence-corrected chi connectivity index (χ3v) is 7.39. The molecule has 4 aromatic rings. The molecule has 0 aliphatic heterocycles. The molecule has 0 unspecified atom stereocenters. The molecule has 2 heterocycles. The first-order valence-corrected chi connectivity index (χ1v) is 12.8. The molecule has 2 aromatic carbocycles. The molecule has 0 amide bonds. The number of thiophene rings is 2. The van der Waals surface area contributed by atoms with Gasteiger partial charge >= 0.3 is 0 Å². The molecule has 0 aliphatic carbocycles. The Kier molecular flexibility index (Phi) is 7.46. The van der Waals surface area contributed by atoms with Crippen molar-refractivity contribution in [2.75, 3.05) is 38.0 Å². The first-order valence-electron chi connectivity index (χ1n) is 11.0. The largest absolute Gasteiger partial charge is 0.378 e. The van der Waals surface area contributed by atoms with E-state index in [2.05, 4.69) is 70.5 Å². The smallest absolute Gasteiger partial charge is 0.214 e. The van der Waals surface area contributed by atoms with E-state index in [4.69, 9.17) is 0 Å². The molecule has 0 fully saturated rings. The van der Waals surface area contributed by atoms with Crippen LogP contribution < -0.4 is 9.80 Å². The van der Waals surface area contributed by atoms with Gasteiger partial charge in [0.1, 0.15) is 0 Å². The lowest BCUT2D eigenvalue weighted by Gasteiger charge is -2.11. The number of carbonyl (C=O) groups is 1. The van der Waals surface area contributed by atoms with Gasteiger partial charge < -0.3 is 9.80 Å². The van der Waals surface area contributed by atoms with Crippen molar-refractivity contribution in [3.8, 4) is 0 Å². The van der Waals surface area contributed by atoms with Gasteiger partial charge in [-0.3, -0.25) is 4.79 Å². The highest BCUT2D eigenvalue weighted by molar-refractivity contribution is 7.16. The summed E-state index contributed by atoms with van der Waals surface area (Å²) in [7, 11) is 8.12. The van der Waals surface area contributed by atoms with E-state index >= 15 is 0 Å². The van der Waals surface area contributed by atoms with Gasteiger partial charge in [-0.15, -0.1) is 22.7 Å². The zero-order valence-electron chi connectivity index (χ0n) is 19.9. The number of ketones is 1. The molecule has 3 nitrogen and oxygen atoms in total. The minimum Gasteiger partial charge on any atom is -0.378 e. The van der Waals surface area contributed by atoms with Gasteiger partial charge in [0.15, 0.2) is 0 Å². The molecule has 4 rings (SSSR count). The van der Waals surface area contributed by atoms with E-state index in [0.717, 1.165) is 43.4 Å². The standard InChI is InChI=1S/C29H28N2OS2/c1-30(2)25-13-7-21(8-14-25)5-11-23-17-19-33-28(23)27(32)29-24(18-20-34-29)12-6-22-9-15-26(16-10-22)31(3)4/h5-20H,1-4H3. The zero-order chi connectivity index (χ0) is 24.1. The Morgan fingerprint density at radius 1 is 0.588 bits per heavy atom. The molecule has 0 radical (unpaired) electrons. The number of rotatable bonds is 8. The molecule has 0 saturated carbocycles. The van der Waals surface area contributed by atoms with Crippen molar-refractivity contribution in [2.45, 2.75) is 0 Å². The van der Waals surface area contributed by atoms with Crippen molar-refractivity contribution < 1.29 is 4.79 Å². The van der Waals surface area contributed by atoms with Gasteiger partial charge in [-0.2, -0.15) is 0 Å². The monoisotopic (exact) mass is 484 g/mol. The Hall–Kier alpha value is -3.41. The number of carbonyl (C=O) groups excluding carboxylic acids is 1. The maximum Gasteiger partial charge on any atom is 0.214 e. The van der Waals surface area contributed by atoms with E-state index in [0.29, 0.717) is 0 Å². The Labute approximate surface area is 209 Å². The number of hydrogen-bond donors (Lipinski definition) is 0. The van der Waals surface area contributed by atoms with E-state index in [-0.39, 0.29) is 5.78 Å². The minimum atomic E-state index is 0.0789. The van der Waals surface area contributed by atoms with Crippen LogP contribution in [-0.2, 0) is 0 Å². The van der Waals surface area contributed by atoms with E-state index in [1.807, 2.05) is 63.2 Å². The fraction of sp³-hybridized carbons (Fsp3) is 0.138. The maximum absolute atomic E-state index is 13.4. The Balaban J connectivity index is 1.52. The summed E-state index contributed by atoms with van der Waals surface area (Å²) >= 11 is 2.99. The van der Waals surface area contributed by atoms with Crippen LogP contribution in [0, 0.1) is 0 Å². The van der Waals surface area contributed by atoms with Crippen LogP contribution in [0.2, 0.25) is 0 Å². The lowest BCUT2D eigenvalue weighted by molar-refractivity contribution is 0.104. The van der Waals surface area contributed by atoms with Gasteiger partial charge in [-0.05, 0) is 69.4 Å². The predicted molar refractivity (Wildman–Crippen MR) is 151 cm³/mol. The molecular weight excluding hydrogens is 456 g/mol. The second-order valence-electron chi connectivity index (χ2n) is 8.38. The van der Waals surface area contributed by atoms with Crippen LogP contribution >= 0.6 is 22.7 Å². The topological polar surface area (TPSA) is 23.6 Å². The lowest BCUT2D eigenvalue weighted by Crippen LogP contribution is -2.07. The Morgan fingerprint density at radius 2 is 0.971 bits per heavy atom. The minimum absolute atomic E-state index is 0.0789. The van der Waals surface area contributed by atoms with Crippen LogP contribution in [0.1, 0.15) is 36.8 Å². The van der Waals surface area contributed by atoms with Crippen LogP contribution in [0.5, 0.6) is 0 Å². The van der Waals surface area contributed by atoms with Gasteiger partial charge in [0.25, 0.3) is 0 Å². The summed E-state index contributed by atoms with van der Waals surface area (Å²) < 4.78 is 0. The number of nitrogens with zero attached hydrogens (tertiary/aromatic N) is 2. The second-order valence-corrected chi connectivity index (χ2v) is 10.2. The molecule has 172 valence electrons. The van der Waals surface area contributed by atoms with E-state index < -0.39 is 0 Å². The van der Waals surface area contributed by atoms with Gasteiger partial charge in [0, 0.05) is 39.6 Å². The fourth-order valence-corrected chi connectivity index (χ4v) is 5.24. The quantitative estimate of drug-likeness (QED) is 0.242. The normalized spacial score (nSPS) is 11.4. The van der Waals surface area contributed by atoms with Gasteiger partial charge in [-0.1, -0.05) is 48.6 Å². The highest BCUT2D eigenvalue weighted by atomic mass is 32.1. The molecule has 0 N–H and O–H groups in total. The molecule has 0 spiro atoms. The van der Waals surface area contributed by atoms with E-state index in [1.165, 1.54) is 22.7 Å². The van der Waals surface area contributed by atoms with Crippen molar-refractivity contribution >= 4 is 64.1 Å². The molecule has 0 aliphatic rings. The van der Waals surface area contributed by atoms with Gasteiger partial charge in [-0.25, -0.2) is 0 Å². The highest BCUT2D eigenvalue weighted by Gasteiger charge is 2.18. The van der Waals surface area contributed by atoms with Gasteiger partial charge in [0.2, 0.25) is 5.78 Å². The second kappa shape index (κ2) is 10.7. The van der Waals surface area contributed by atoms with Crippen molar-refractivity contribution in [3.63, 3.8) is 0 Å². The van der Waals surface area contributed by atoms with Crippen LogP contribution in [0.4, 0.5) is 11.4 Å². The van der Waals surface area contributed by atoms with Crippen molar-refractivity contribution in [1.82, 2.24) is 0 Å². The average molecular weight is 485 g/mol. The summed E-state index contributed by atoms with van der Waals surface area (Å²) in [6.45, 7) is 0. The summed E-state index contributed by atoms with van der Waals surface area (Å²) in [4.78, 5) is 19.1. The number of anilines is 2. The highest BCUT2D eigenvalue weighted by Crippen LogP contribution is 2.28. The molecule has 2 aromatic heterocycles. The predicted octanol–water partition coefficient (Wildman–Crippen LogP) is 7.51. The summed E-state index contributed by atoms with van der Waals surface area (Å²) in [5, 5.41) is 3.97. The van der Waals surface area contributed by atoms with Crippen LogP contribution in [-0.4, -0.2) is 34.0 Å². The molecule has 0 bridgehead atoms. The van der Waals surface area contributed by atoms with E-state index in [9.17, 15) is 4.79 Å². The first-order chi connectivity index (χ1) is 16.4. The molecular formula is C29H28N2OS2. The van der Waals surface area contributed by atoms with Crippen LogP contribution in [0.3, 0.4) is 0 Å². The summed E-state index contributed by atoms with van der Waals surface area (Å²) in [5.41, 5.74) is 6.44. The van der Waals surface area contributed by atoms with Crippen molar-refractivity contribution in [2.24, 2.45) is 0 Å². The summed E-state index contributed by atoms with van der Waals surface area (Å²) in [6.07, 6.45) is 8.18. The summed E-state index contributed by atoms with van der Waals surface area (Å²) in [6, 6.07) is 20.8. The summed E-state index contributed by atoms with van der Waals surface area (Å²) in [5.74, 6) is 0.0789. The molecule has 0 saturated heterocycles. The van der Waals surface area contributed by atoms with Crippen molar-refractivity contribution in [1.29, 1.82) is 0 Å². The van der Waals surface area contributed by atoms with Crippen LogP contribution in [0.15, 0.2) is 71.4 Å². The van der Waals surface area contributed by atoms with E-state index in [1.54, 1.807) is 0 Å². The van der Waals surface area contributed by atoms with Crippen LogP contribution in [0.25, 0.3) is 24.3 Å². The molecule has 5 heteroatoms. The zero-order valence-corrected chi connectivity index (χ0v) is 21.5. The van der Waals surface area contributed by atoms with Gasteiger partial charge in [0.05, 0.1) is 9.75 Å². The van der Waals surface area contributed by atoms with Crippen molar-refractivity contribution in [3.05, 3.63) is 103 Å². The Morgan fingerprint density at radius 3 is 1.32 bits per heavy atom. The SMILES string of the molecule is CN(C)c1ccc(C=Cc2ccsc2C(=O)c2sccc2C=Cc2ccc(N(C)C)cc2)cc1. The number of hydrogen-bond acceptors (Lipinski definition) is 5. The third-order valence-electron chi connectivity index (χ3n) is 5.53. The third kappa shape index (κ3) is 5.56. The molecule has 34 heavy (non-hydrogen) atoms.